The molecule has 0 bridgehead atoms. The molecule has 0 heterocycles. The third-order valence-electron chi connectivity index (χ3n) is 2.95. The average molecular weight is 303 g/mol. The first kappa shape index (κ1) is 15.8. The van der Waals surface area contributed by atoms with Gasteiger partial charge in [-0.05, 0) is 62.7 Å². The van der Waals surface area contributed by atoms with Crippen LogP contribution in [0.15, 0.2) is 36.4 Å². The maximum absolute atomic E-state index is 12.9. The molecule has 0 atom stereocenters. The molecule has 0 aliphatic rings. The highest BCUT2D eigenvalue weighted by molar-refractivity contribution is 5.96. The fraction of sp³-hybridized carbons (Fsp3) is 0.235. The summed E-state index contributed by atoms with van der Waals surface area (Å²) in [6.45, 7) is 5.34. The molecule has 0 aliphatic carbocycles. The van der Waals surface area contributed by atoms with Gasteiger partial charge >= 0.3 is 5.97 Å². The third kappa shape index (κ3) is 3.75. The summed E-state index contributed by atoms with van der Waals surface area (Å²) in [6, 6.07) is 8.81. The van der Waals surface area contributed by atoms with E-state index in [-0.39, 0.29) is 17.5 Å². The molecule has 0 fully saturated rings. The van der Waals surface area contributed by atoms with Gasteiger partial charge in [0.15, 0.2) is 0 Å². The van der Waals surface area contributed by atoms with Crippen molar-refractivity contribution in [3.8, 4) is 11.5 Å². The molecule has 0 aliphatic heterocycles. The van der Waals surface area contributed by atoms with Crippen molar-refractivity contribution >= 4 is 11.7 Å². The number of nitrogens with two attached hydrogens (primary N) is 1. The number of esters is 1. The molecule has 0 saturated carbocycles. The molecule has 2 aromatic carbocycles. The summed E-state index contributed by atoms with van der Waals surface area (Å²) in [4.78, 5) is 12.0. The van der Waals surface area contributed by atoms with Crippen molar-refractivity contribution in [2.45, 2.75) is 26.9 Å². The van der Waals surface area contributed by atoms with Crippen LogP contribution in [0, 0.1) is 12.7 Å². The van der Waals surface area contributed by atoms with E-state index in [1.807, 2.05) is 6.92 Å². The van der Waals surface area contributed by atoms with Gasteiger partial charge in [0.25, 0.3) is 0 Å². The van der Waals surface area contributed by atoms with E-state index in [4.69, 9.17) is 15.2 Å². The van der Waals surface area contributed by atoms with E-state index in [0.717, 1.165) is 5.56 Å². The summed E-state index contributed by atoms with van der Waals surface area (Å²) in [5, 5.41) is 0. The van der Waals surface area contributed by atoms with Crippen molar-refractivity contribution in [3.63, 3.8) is 0 Å². The Kier molecular flexibility index (Phi) is 4.65. The molecule has 2 rings (SSSR count). The smallest absolute Gasteiger partial charge is 0.340 e. The summed E-state index contributed by atoms with van der Waals surface area (Å²) >= 11 is 0. The summed E-state index contributed by atoms with van der Waals surface area (Å²) in [5.41, 5.74) is 7.22. The van der Waals surface area contributed by atoms with E-state index >= 15 is 0 Å². The number of anilines is 1. The standard InChI is InChI=1S/C17H18FNO3/c1-10(2)21-17(20)14-9-16(11(3)8-15(14)19)22-13-6-4-12(18)5-7-13/h4-10H,19H2,1-3H3. The first-order valence-electron chi connectivity index (χ1n) is 6.91. The molecule has 2 aromatic rings. The lowest BCUT2D eigenvalue weighted by atomic mass is 10.1. The molecule has 5 heteroatoms. The van der Waals surface area contributed by atoms with Gasteiger partial charge < -0.3 is 15.2 Å². The minimum atomic E-state index is -0.503. The summed E-state index contributed by atoms with van der Waals surface area (Å²) < 4.78 is 23.8. The van der Waals surface area contributed by atoms with Crippen molar-refractivity contribution in [2.75, 3.05) is 5.73 Å². The van der Waals surface area contributed by atoms with Crippen LogP contribution in [0.2, 0.25) is 0 Å². The number of rotatable bonds is 4. The monoisotopic (exact) mass is 303 g/mol. The number of ether oxygens (including phenoxy) is 2. The SMILES string of the molecule is Cc1cc(N)c(C(=O)OC(C)C)cc1Oc1ccc(F)cc1. The van der Waals surface area contributed by atoms with Crippen LogP contribution in [0.4, 0.5) is 10.1 Å². The topological polar surface area (TPSA) is 61.6 Å². The summed E-state index contributed by atoms with van der Waals surface area (Å²) in [7, 11) is 0. The van der Waals surface area contributed by atoms with Crippen molar-refractivity contribution in [1.29, 1.82) is 0 Å². The van der Waals surface area contributed by atoms with E-state index in [2.05, 4.69) is 0 Å². The molecule has 0 spiro atoms. The molecular weight excluding hydrogens is 285 g/mol. The van der Waals surface area contributed by atoms with Crippen molar-refractivity contribution < 1.29 is 18.7 Å². The van der Waals surface area contributed by atoms with E-state index in [1.54, 1.807) is 26.0 Å². The normalized spacial score (nSPS) is 10.6. The molecule has 0 aromatic heterocycles. The number of carbonyl (C=O) groups excluding carboxylic acids is 1. The molecule has 0 unspecified atom stereocenters. The minimum Gasteiger partial charge on any atom is -0.459 e. The lowest BCUT2D eigenvalue weighted by Gasteiger charge is -2.14. The van der Waals surface area contributed by atoms with Crippen LogP contribution in [0.25, 0.3) is 0 Å². The van der Waals surface area contributed by atoms with Gasteiger partial charge in [0.1, 0.15) is 17.3 Å². The van der Waals surface area contributed by atoms with Gasteiger partial charge in [0.05, 0.1) is 11.7 Å². The van der Waals surface area contributed by atoms with Crippen molar-refractivity contribution in [1.82, 2.24) is 0 Å². The highest BCUT2D eigenvalue weighted by Gasteiger charge is 2.16. The van der Waals surface area contributed by atoms with E-state index < -0.39 is 5.97 Å². The number of halogens is 1. The largest absolute Gasteiger partial charge is 0.459 e. The van der Waals surface area contributed by atoms with E-state index in [9.17, 15) is 9.18 Å². The number of hydrogen-bond acceptors (Lipinski definition) is 4. The lowest BCUT2D eigenvalue weighted by molar-refractivity contribution is 0.0379. The lowest BCUT2D eigenvalue weighted by Crippen LogP contribution is -2.13. The number of benzene rings is 2. The Balaban J connectivity index is 2.31. The quantitative estimate of drug-likeness (QED) is 0.683. The fourth-order valence-electron chi connectivity index (χ4n) is 1.90. The first-order chi connectivity index (χ1) is 10.4. The highest BCUT2D eigenvalue weighted by Crippen LogP contribution is 2.30. The van der Waals surface area contributed by atoms with Crippen LogP contribution < -0.4 is 10.5 Å². The maximum Gasteiger partial charge on any atom is 0.340 e. The number of aryl methyl sites for hydroxylation is 1. The van der Waals surface area contributed by atoms with Gasteiger partial charge in [-0.3, -0.25) is 0 Å². The maximum atomic E-state index is 12.9. The van der Waals surface area contributed by atoms with Crippen LogP contribution in [-0.2, 0) is 4.74 Å². The van der Waals surface area contributed by atoms with Crippen LogP contribution in [0.1, 0.15) is 29.8 Å². The molecule has 0 amide bonds. The molecule has 2 N–H and O–H groups in total. The van der Waals surface area contributed by atoms with Crippen LogP contribution in [0.5, 0.6) is 11.5 Å². The van der Waals surface area contributed by atoms with Crippen molar-refractivity contribution in [2.24, 2.45) is 0 Å². The van der Waals surface area contributed by atoms with E-state index in [1.165, 1.54) is 24.3 Å². The Hall–Kier alpha value is -2.56. The zero-order valence-corrected chi connectivity index (χ0v) is 12.7. The Labute approximate surface area is 128 Å². The summed E-state index contributed by atoms with van der Waals surface area (Å²) in [5.74, 6) is 0.0907. The zero-order valence-electron chi connectivity index (χ0n) is 12.7. The number of nitrogen functional groups attached to an aromatic ring is 1. The second-order valence-electron chi connectivity index (χ2n) is 5.22. The summed E-state index contributed by atoms with van der Waals surface area (Å²) in [6.07, 6.45) is -0.241. The van der Waals surface area contributed by atoms with Crippen LogP contribution in [0.3, 0.4) is 0 Å². The second-order valence-corrected chi connectivity index (χ2v) is 5.22. The predicted molar refractivity (Wildman–Crippen MR) is 82.6 cm³/mol. The van der Waals surface area contributed by atoms with Gasteiger partial charge in [0, 0.05) is 5.69 Å². The Morgan fingerprint density at radius 3 is 2.41 bits per heavy atom. The van der Waals surface area contributed by atoms with Gasteiger partial charge in [-0.15, -0.1) is 0 Å². The predicted octanol–water partition coefficient (Wildman–Crippen LogP) is 4.07. The highest BCUT2D eigenvalue weighted by atomic mass is 19.1. The molecule has 0 saturated heterocycles. The van der Waals surface area contributed by atoms with Crippen molar-refractivity contribution in [3.05, 3.63) is 53.3 Å². The van der Waals surface area contributed by atoms with Gasteiger partial charge in [-0.25, -0.2) is 9.18 Å². The zero-order chi connectivity index (χ0) is 16.3. The minimum absolute atomic E-state index is 0.241. The number of carbonyl (C=O) groups is 1. The number of hydrogen-bond donors (Lipinski definition) is 1. The van der Waals surface area contributed by atoms with Gasteiger partial charge in [-0.1, -0.05) is 0 Å². The van der Waals surface area contributed by atoms with Crippen LogP contribution in [-0.4, -0.2) is 12.1 Å². The Morgan fingerprint density at radius 1 is 1.18 bits per heavy atom. The molecule has 4 nitrogen and oxygen atoms in total. The average Bonchev–Trinajstić information content (AvgIpc) is 2.43. The second kappa shape index (κ2) is 6.47. The van der Waals surface area contributed by atoms with Gasteiger partial charge in [0.2, 0.25) is 0 Å². The molecule has 116 valence electrons. The van der Waals surface area contributed by atoms with E-state index in [0.29, 0.717) is 17.2 Å². The van der Waals surface area contributed by atoms with Crippen LogP contribution >= 0.6 is 0 Å². The molecule has 0 radical (unpaired) electrons. The molecule has 22 heavy (non-hydrogen) atoms. The Morgan fingerprint density at radius 2 is 1.82 bits per heavy atom. The first-order valence-corrected chi connectivity index (χ1v) is 6.91. The molecular formula is C17H18FNO3. The third-order valence-corrected chi connectivity index (χ3v) is 2.95. The van der Waals surface area contributed by atoms with Gasteiger partial charge in [-0.2, -0.15) is 0 Å². The Bertz CT molecular complexity index is 681. The fourth-order valence-corrected chi connectivity index (χ4v) is 1.90.